The smallest absolute Gasteiger partial charge is 0.275 e. The average molecular weight is 321 g/mol. The molecule has 2 aromatic carbocycles. The highest BCUT2D eigenvalue weighted by molar-refractivity contribution is 5.97. The molecule has 0 atom stereocenters. The van der Waals surface area contributed by atoms with Crippen molar-refractivity contribution in [3.63, 3.8) is 0 Å². The van der Waals surface area contributed by atoms with Gasteiger partial charge < -0.3 is 10.1 Å². The molecule has 6 nitrogen and oxygen atoms in total. The molecule has 1 aromatic heterocycles. The SMILES string of the molecule is Cc1ccc2[nH]c(=O)c(C=NNC(=O)c3ccccc3O)cc2c1. The van der Waals surface area contributed by atoms with Crippen LogP contribution in [0.5, 0.6) is 5.75 Å². The molecule has 120 valence electrons. The number of rotatable bonds is 3. The number of hydrogen-bond acceptors (Lipinski definition) is 4. The highest BCUT2D eigenvalue weighted by atomic mass is 16.3. The van der Waals surface area contributed by atoms with Crippen LogP contribution >= 0.6 is 0 Å². The van der Waals surface area contributed by atoms with Crippen molar-refractivity contribution in [2.75, 3.05) is 0 Å². The van der Waals surface area contributed by atoms with E-state index < -0.39 is 5.91 Å². The number of pyridine rings is 1. The molecule has 0 spiro atoms. The molecule has 1 heterocycles. The van der Waals surface area contributed by atoms with Crippen molar-refractivity contribution < 1.29 is 9.90 Å². The zero-order chi connectivity index (χ0) is 17.1. The van der Waals surface area contributed by atoms with E-state index in [0.717, 1.165) is 16.5 Å². The summed E-state index contributed by atoms with van der Waals surface area (Å²) in [6.45, 7) is 1.96. The van der Waals surface area contributed by atoms with E-state index in [-0.39, 0.29) is 16.9 Å². The molecule has 6 heteroatoms. The highest BCUT2D eigenvalue weighted by Crippen LogP contribution is 2.15. The van der Waals surface area contributed by atoms with Crippen molar-refractivity contribution in [1.82, 2.24) is 10.4 Å². The molecule has 0 radical (unpaired) electrons. The number of carbonyl (C=O) groups is 1. The van der Waals surface area contributed by atoms with Crippen molar-refractivity contribution in [3.8, 4) is 5.75 Å². The Hall–Kier alpha value is -3.41. The highest BCUT2D eigenvalue weighted by Gasteiger charge is 2.08. The van der Waals surface area contributed by atoms with Crippen molar-refractivity contribution in [3.05, 3.63) is 75.6 Å². The number of hydrazone groups is 1. The molecular formula is C18H15N3O3. The predicted octanol–water partition coefficient (Wildman–Crippen LogP) is 2.31. The van der Waals surface area contributed by atoms with Gasteiger partial charge in [0.2, 0.25) is 0 Å². The number of H-pyrrole nitrogens is 1. The number of aromatic nitrogens is 1. The van der Waals surface area contributed by atoms with Crippen molar-refractivity contribution in [2.24, 2.45) is 5.10 Å². The van der Waals surface area contributed by atoms with Crippen LogP contribution in [0.2, 0.25) is 0 Å². The number of phenols is 1. The van der Waals surface area contributed by atoms with Gasteiger partial charge in [-0.15, -0.1) is 0 Å². The van der Waals surface area contributed by atoms with Gasteiger partial charge in [-0.25, -0.2) is 5.43 Å². The van der Waals surface area contributed by atoms with Crippen LogP contribution in [0.1, 0.15) is 21.5 Å². The number of aromatic hydroxyl groups is 1. The van der Waals surface area contributed by atoms with Gasteiger partial charge in [-0.2, -0.15) is 5.10 Å². The van der Waals surface area contributed by atoms with Crippen LogP contribution in [0.25, 0.3) is 10.9 Å². The number of aromatic amines is 1. The zero-order valence-corrected chi connectivity index (χ0v) is 12.9. The maximum Gasteiger partial charge on any atom is 0.275 e. The van der Waals surface area contributed by atoms with Gasteiger partial charge in [-0.1, -0.05) is 23.8 Å². The number of hydrogen-bond donors (Lipinski definition) is 3. The Labute approximate surface area is 137 Å². The van der Waals surface area contributed by atoms with Crippen LogP contribution in [-0.4, -0.2) is 22.2 Å². The molecule has 0 saturated heterocycles. The summed E-state index contributed by atoms with van der Waals surface area (Å²) < 4.78 is 0. The summed E-state index contributed by atoms with van der Waals surface area (Å²) >= 11 is 0. The largest absolute Gasteiger partial charge is 0.507 e. The van der Waals surface area contributed by atoms with Crippen molar-refractivity contribution in [2.45, 2.75) is 6.92 Å². The van der Waals surface area contributed by atoms with E-state index in [9.17, 15) is 14.7 Å². The van der Waals surface area contributed by atoms with Crippen molar-refractivity contribution >= 4 is 23.0 Å². The fraction of sp³-hybridized carbons (Fsp3) is 0.0556. The summed E-state index contributed by atoms with van der Waals surface area (Å²) in [5.41, 5.74) is 4.24. The lowest BCUT2D eigenvalue weighted by Gasteiger charge is -2.02. The number of nitrogens with zero attached hydrogens (tertiary/aromatic N) is 1. The number of fused-ring (bicyclic) bond motifs is 1. The van der Waals surface area contributed by atoms with E-state index in [2.05, 4.69) is 15.5 Å². The Morgan fingerprint density at radius 3 is 2.79 bits per heavy atom. The van der Waals surface area contributed by atoms with Gasteiger partial charge in [0.25, 0.3) is 11.5 Å². The molecule has 3 rings (SSSR count). The summed E-state index contributed by atoms with van der Waals surface area (Å²) in [4.78, 5) is 26.7. The maximum atomic E-state index is 12.0. The van der Waals surface area contributed by atoms with Crippen molar-refractivity contribution in [1.29, 1.82) is 0 Å². The van der Waals surface area contributed by atoms with Gasteiger partial charge in [0.15, 0.2) is 0 Å². The minimum Gasteiger partial charge on any atom is -0.507 e. The standard InChI is InChI=1S/C18H15N3O3/c1-11-6-7-15-12(8-11)9-13(17(23)20-15)10-19-21-18(24)14-4-2-3-5-16(14)22/h2-10,22H,1H3,(H,20,23)(H,21,24). The lowest BCUT2D eigenvalue weighted by Crippen LogP contribution is -2.19. The molecule has 0 aliphatic heterocycles. The van der Waals surface area contributed by atoms with Crippen LogP contribution in [0, 0.1) is 6.92 Å². The van der Waals surface area contributed by atoms with E-state index in [1.807, 2.05) is 25.1 Å². The topological polar surface area (TPSA) is 94.5 Å². The molecule has 1 amide bonds. The zero-order valence-electron chi connectivity index (χ0n) is 12.9. The Morgan fingerprint density at radius 2 is 2.00 bits per heavy atom. The second kappa shape index (κ2) is 6.37. The van der Waals surface area contributed by atoms with E-state index >= 15 is 0 Å². The van der Waals surface area contributed by atoms with Crippen LogP contribution in [0.3, 0.4) is 0 Å². The van der Waals surface area contributed by atoms with Crippen LogP contribution in [-0.2, 0) is 0 Å². The summed E-state index contributed by atoms with van der Waals surface area (Å²) in [6, 6.07) is 13.5. The maximum absolute atomic E-state index is 12.0. The molecule has 3 aromatic rings. The fourth-order valence-corrected chi connectivity index (χ4v) is 2.33. The quantitative estimate of drug-likeness (QED) is 0.510. The van der Waals surface area contributed by atoms with Gasteiger partial charge in [0.05, 0.1) is 17.3 Å². The van der Waals surface area contributed by atoms with Gasteiger partial charge in [-0.05, 0) is 42.6 Å². The number of amides is 1. The Bertz CT molecular complexity index is 1010. The number of phenolic OH excluding ortho intramolecular Hbond substituents is 1. The molecule has 0 unspecified atom stereocenters. The third kappa shape index (κ3) is 3.17. The number of benzene rings is 2. The minimum atomic E-state index is -0.558. The normalized spacial score (nSPS) is 11.0. The van der Waals surface area contributed by atoms with E-state index in [0.29, 0.717) is 5.56 Å². The van der Waals surface area contributed by atoms with Gasteiger partial charge in [0.1, 0.15) is 5.75 Å². The molecule has 0 aliphatic carbocycles. The van der Waals surface area contributed by atoms with Crippen LogP contribution in [0.4, 0.5) is 0 Å². The average Bonchev–Trinajstić information content (AvgIpc) is 2.56. The summed E-state index contributed by atoms with van der Waals surface area (Å²) in [5.74, 6) is -0.693. The number of para-hydroxylation sites is 1. The molecule has 0 bridgehead atoms. The predicted molar refractivity (Wildman–Crippen MR) is 92.5 cm³/mol. The lowest BCUT2D eigenvalue weighted by molar-refractivity contribution is 0.0952. The third-order valence-electron chi connectivity index (χ3n) is 3.55. The van der Waals surface area contributed by atoms with Crippen LogP contribution < -0.4 is 11.0 Å². The second-order valence-corrected chi connectivity index (χ2v) is 5.36. The summed E-state index contributed by atoms with van der Waals surface area (Å²) in [6.07, 6.45) is 1.28. The fourth-order valence-electron chi connectivity index (χ4n) is 2.33. The van der Waals surface area contributed by atoms with E-state index in [1.165, 1.54) is 18.3 Å². The number of nitrogens with one attached hydrogen (secondary N) is 2. The van der Waals surface area contributed by atoms with E-state index in [1.54, 1.807) is 18.2 Å². The van der Waals surface area contributed by atoms with Gasteiger partial charge >= 0.3 is 0 Å². The Kier molecular flexibility index (Phi) is 4.11. The first-order chi connectivity index (χ1) is 11.5. The lowest BCUT2D eigenvalue weighted by atomic mass is 10.1. The monoisotopic (exact) mass is 321 g/mol. The molecule has 3 N–H and O–H groups in total. The molecule has 0 saturated carbocycles. The third-order valence-corrected chi connectivity index (χ3v) is 3.55. The molecule has 0 aliphatic rings. The molecule has 0 fully saturated rings. The Balaban J connectivity index is 1.83. The first kappa shape index (κ1) is 15.5. The summed E-state index contributed by atoms with van der Waals surface area (Å²) in [5, 5.41) is 14.3. The molecular weight excluding hydrogens is 306 g/mol. The van der Waals surface area contributed by atoms with E-state index in [4.69, 9.17) is 0 Å². The summed E-state index contributed by atoms with van der Waals surface area (Å²) in [7, 11) is 0. The first-order valence-corrected chi connectivity index (χ1v) is 7.30. The minimum absolute atomic E-state index is 0.109. The Morgan fingerprint density at radius 1 is 1.21 bits per heavy atom. The van der Waals surface area contributed by atoms with Gasteiger partial charge in [0, 0.05) is 5.52 Å². The number of aryl methyl sites for hydroxylation is 1. The van der Waals surface area contributed by atoms with Gasteiger partial charge in [-0.3, -0.25) is 9.59 Å². The first-order valence-electron chi connectivity index (χ1n) is 7.30. The number of carbonyl (C=O) groups excluding carboxylic acids is 1. The van der Waals surface area contributed by atoms with Crippen LogP contribution in [0.15, 0.2) is 58.4 Å². The molecule has 24 heavy (non-hydrogen) atoms. The second-order valence-electron chi connectivity index (χ2n) is 5.36.